The largest absolute Gasteiger partial charge is 0.465 e. The molecule has 0 bridgehead atoms. The number of ether oxygens (including phenoxy) is 1. The number of benzene rings is 1. The van der Waals surface area contributed by atoms with Crippen molar-refractivity contribution in [1.82, 2.24) is 5.32 Å². The average molecular weight is 263 g/mol. The van der Waals surface area contributed by atoms with E-state index < -0.39 is 6.04 Å². The number of hydrogen-bond donors (Lipinski definition) is 2. The number of esters is 1. The van der Waals surface area contributed by atoms with E-state index >= 15 is 0 Å². The van der Waals surface area contributed by atoms with Gasteiger partial charge in [0.25, 0.3) is 0 Å². The van der Waals surface area contributed by atoms with Gasteiger partial charge in [0.1, 0.15) is 6.04 Å². The number of carbonyl (C=O) groups is 1. The predicted octanol–water partition coefficient (Wildman–Crippen LogP) is 1.65. The van der Waals surface area contributed by atoms with Crippen molar-refractivity contribution in [3.63, 3.8) is 0 Å². The van der Waals surface area contributed by atoms with Crippen LogP contribution in [0.4, 0.5) is 0 Å². The number of nitrogens with one attached hydrogen (secondary N) is 1. The van der Waals surface area contributed by atoms with Crippen LogP contribution in [0.2, 0.25) is 0 Å². The second-order valence-electron chi connectivity index (χ2n) is 5.13. The fourth-order valence-electron chi connectivity index (χ4n) is 2.09. The molecule has 1 aliphatic rings. The van der Waals surface area contributed by atoms with E-state index in [1.807, 2.05) is 30.3 Å². The molecule has 1 atom stereocenters. The Bertz CT molecular complexity index is 415. The van der Waals surface area contributed by atoms with Gasteiger partial charge in [0, 0.05) is 18.6 Å². The summed E-state index contributed by atoms with van der Waals surface area (Å²) in [5, 5.41) is 12.6. The van der Waals surface area contributed by atoms with Crippen molar-refractivity contribution in [2.45, 2.75) is 25.8 Å². The minimum absolute atomic E-state index is 0.0282. The van der Waals surface area contributed by atoms with E-state index in [0.29, 0.717) is 13.2 Å². The summed E-state index contributed by atoms with van der Waals surface area (Å²) in [7, 11) is 0. The molecule has 4 heteroatoms. The van der Waals surface area contributed by atoms with Gasteiger partial charge < -0.3 is 15.2 Å². The first-order valence-corrected chi connectivity index (χ1v) is 6.76. The lowest BCUT2D eigenvalue weighted by molar-refractivity contribution is -0.146. The van der Waals surface area contributed by atoms with Crippen LogP contribution in [-0.4, -0.2) is 30.8 Å². The number of aliphatic hydroxyl groups excluding tert-OH is 1. The second-order valence-corrected chi connectivity index (χ2v) is 5.13. The van der Waals surface area contributed by atoms with Gasteiger partial charge in [-0.3, -0.25) is 0 Å². The minimum Gasteiger partial charge on any atom is -0.465 e. The summed E-state index contributed by atoms with van der Waals surface area (Å²) in [5.74, 6) is -0.262. The van der Waals surface area contributed by atoms with E-state index in [-0.39, 0.29) is 18.0 Å². The van der Waals surface area contributed by atoms with Gasteiger partial charge in [-0.15, -0.1) is 0 Å². The molecule has 2 N–H and O–H groups in total. The SMILES string of the molecule is CCOC(=O)C(NCC1(CO)CC1)c1ccccc1. The molecule has 1 fully saturated rings. The summed E-state index contributed by atoms with van der Waals surface area (Å²) in [5.41, 5.74) is 0.870. The normalized spacial score (nSPS) is 17.8. The molecule has 2 rings (SSSR count). The van der Waals surface area contributed by atoms with Crippen LogP contribution in [-0.2, 0) is 9.53 Å². The lowest BCUT2D eigenvalue weighted by Gasteiger charge is -2.20. The van der Waals surface area contributed by atoms with Crippen molar-refractivity contribution in [2.24, 2.45) is 5.41 Å². The third-order valence-electron chi connectivity index (χ3n) is 3.63. The smallest absolute Gasteiger partial charge is 0.327 e. The summed E-state index contributed by atoms with van der Waals surface area (Å²) in [6.07, 6.45) is 2.03. The van der Waals surface area contributed by atoms with Crippen molar-refractivity contribution in [3.8, 4) is 0 Å². The molecule has 1 saturated carbocycles. The van der Waals surface area contributed by atoms with E-state index in [2.05, 4.69) is 5.32 Å². The molecule has 1 aromatic carbocycles. The first-order chi connectivity index (χ1) is 9.21. The van der Waals surface area contributed by atoms with Crippen LogP contribution < -0.4 is 5.32 Å². The number of aliphatic hydroxyl groups is 1. The lowest BCUT2D eigenvalue weighted by Crippen LogP contribution is -2.35. The molecule has 0 saturated heterocycles. The summed E-state index contributed by atoms with van der Waals surface area (Å²) >= 11 is 0. The molecule has 1 aromatic rings. The third-order valence-corrected chi connectivity index (χ3v) is 3.63. The van der Waals surface area contributed by atoms with Crippen LogP contribution in [0.1, 0.15) is 31.4 Å². The zero-order valence-corrected chi connectivity index (χ0v) is 11.3. The molecule has 0 spiro atoms. The highest BCUT2D eigenvalue weighted by Gasteiger charge is 2.42. The fourth-order valence-corrected chi connectivity index (χ4v) is 2.09. The Morgan fingerprint density at radius 2 is 2.11 bits per heavy atom. The fraction of sp³-hybridized carbons (Fsp3) is 0.533. The van der Waals surface area contributed by atoms with Crippen LogP contribution >= 0.6 is 0 Å². The highest BCUT2D eigenvalue weighted by atomic mass is 16.5. The van der Waals surface area contributed by atoms with Crippen molar-refractivity contribution >= 4 is 5.97 Å². The molecule has 0 heterocycles. The minimum atomic E-state index is -0.454. The predicted molar refractivity (Wildman–Crippen MR) is 72.6 cm³/mol. The van der Waals surface area contributed by atoms with Crippen molar-refractivity contribution in [2.75, 3.05) is 19.8 Å². The van der Waals surface area contributed by atoms with Gasteiger partial charge in [-0.05, 0) is 25.3 Å². The maximum absolute atomic E-state index is 12.0. The third kappa shape index (κ3) is 3.55. The van der Waals surface area contributed by atoms with E-state index in [1.165, 1.54) is 0 Å². The average Bonchev–Trinajstić information content (AvgIpc) is 3.21. The molecule has 0 radical (unpaired) electrons. The Morgan fingerprint density at radius 3 is 2.63 bits per heavy atom. The lowest BCUT2D eigenvalue weighted by atomic mass is 10.0. The van der Waals surface area contributed by atoms with Crippen LogP contribution in [0.15, 0.2) is 30.3 Å². The molecule has 1 aliphatic carbocycles. The monoisotopic (exact) mass is 263 g/mol. The van der Waals surface area contributed by atoms with Crippen LogP contribution in [0, 0.1) is 5.41 Å². The van der Waals surface area contributed by atoms with Gasteiger partial charge in [-0.2, -0.15) is 0 Å². The molecule has 0 amide bonds. The molecule has 0 aromatic heterocycles. The summed E-state index contributed by atoms with van der Waals surface area (Å²) in [6.45, 7) is 2.98. The van der Waals surface area contributed by atoms with Crippen LogP contribution in [0.5, 0.6) is 0 Å². The van der Waals surface area contributed by atoms with E-state index in [9.17, 15) is 9.90 Å². The highest BCUT2D eigenvalue weighted by molar-refractivity contribution is 5.77. The first-order valence-electron chi connectivity index (χ1n) is 6.76. The Kier molecular flexibility index (Phi) is 4.56. The van der Waals surface area contributed by atoms with Crippen LogP contribution in [0.25, 0.3) is 0 Å². The van der Waals surface area contributed by atoms with Gasteiger partial charge in [0.15, 0.2) is 0 Å². The molecule has 0 aliphatic heterocycles. The van der Waals surface area contributed by atoms with Crippen molar-refractivity contribution in [3.05, 3.63) is 35.9 Å². The van der Waals surface area contributed by atoms with Gasteiger partial charge >= 0.3 is 5.97 Å². The first kappa shape index (κ1) is 14.0. The van der Waals surface area contributed by atoms with E-state index in [1.54, 1.807) is 6.92 Å². The topological polar surface area (TPSA) is 58.6 Å². The molecular weight excluding hydrogens is 242 g/mol. The maximum atomic E-state index is 12.0. The molecule has 104 valence electrons. The number of rotatable bonds is 7. The number of hydrogen-bond acceptors (Lipinski definition) is 4. The summed E-state index contributed by atoms with van der Waals surface area (Å²) in [4.78, 5) is 12.0. The Labute approximate surface area is 113 Å². The van der Waals surface area contributed by atoms with Gasteiger partial charge in [-0.1, -0.05) is 30.3 Å². The molecule has 19 heavy (non-hydrogen) atoms. The van der Waals surface area contributed by atoms with Crippen molar-refractivity contribution < 1.29 is 14.6 Å². The van der Waals surface area contributed by atoms with Gasteiger partial charge in [-0.25, -0.2) is 4.79 Å². The summed E-state index contributed by atoms with van der Waals surface area (Å²) in [6, 6.07) is 9.09. The zero-order valence-electron chi connectivity index (χ0n) is 11.3. The van der Waals surface area contributed by atoms with Gasteiger partial charge in [0.2, 0.25) is 0 Å². The summed E-state index contributed by atoms with van der Waals surface area (Å²) < 4.78 is 5.11. The number of carbonyl (C=O) groups excluding carboxylic acids is 1. The Balaban J connectivity index is 2.04. The van der Waals surface area contributed by atoms with E-state index in [4.69, 9.17) is 4.74 Å². The van der Waals surface area contributed by atoms with Crippen LogP contribution in [0.3, 0.4) is 0 Å². The Hall–Kier alpha value is -1.39. The Morgan fingerprint density at radius 1 is 1.42 bits per heavy atom. The molecular formula is C15H21NO3. The zero-order chi connectivity index (χ0) is 13.7. The quantitative estimate of drug-likeness (QED) is 0.734. The molecule has 1 unspecified atom stereocenters. The van der Waals surface area contributed by atoms with Gasteiger partial charge in [0.05, 0.1) is 6.61 Å². The van der Waals surface area contributed by atoms with Crippen molar-refractivity contribution in [1.29, 1.82) is 0 Å². The van der Waals surface area contributed by atoms with E-state index in [0.717, 1.165) is 18.4 Å². The highest BCUT2D eigenvalue weighted by Crippen LogP contribution is 2.44. The standard InChI is InChI=1S/C15H21NO3/c1-2-19-14(18)13(12-6-4-3-5-7-12)16-10-15(11-17)8-9-15/h3-7,13,16-17H,2,8-11H2,1H3. The molecule has 4 nitrogen and oxygen atoms in total. The maximum Gasteiger partial charge on any atom is 0.327 e. The second kappa shape index (κ2) is 6.17.